The molecule has 29 heavy (non-hydrogen) atoms. The lowest BCUT2D eigenvalue weighted by atomic mass is 9.97. The molecule has 0 spiro atoms. The molecule has 0 bridgehead atoms. The molecule has 3 aromatic rings. The van der Waals surface area contributed by atoms with Gasteiger partial charge in [0.05, 0.1) is 12.7 Å². The molecule has 2 atom stereocenters. The van der Waals surface area contributed by atoms with Gasteiger partial charge in [-0.1, -0.05) is 83.8 Å². The van der Waals surface area contributed by atoms with E-state index in [0.29, 0.717) is 12.3 Å². The second-order valence-electron chi connectivity index (χ2n) is 6.49. The fourth-order valence-electron chi connectivity index (χ4n) is 2.80. The lowest BCUT2D eigenvalue weighted by Gasteiger charge is -2.22. The summed E-state index contributed by atoms with van der Waals surface area (Å²) in [7, 11) is 0. The van der Waals surface area contributed by atoms with E-state index in [1.54, 1.807) is 6.08 Å². The van der Waals surface area contributed by atoms with Gasteiger partial charge in [-0.2, -0.15) is 0 Å². The van der Waals surface area contributed by atoms with Crippen molar-refractivity contribution in [3.8, 4) is 0 Å². The number of nitrogens with zero attached hydrogens (tertiary/aromatic N) is 2. The molecule has 0 radical (unpaired) electrons. The SMILES string of the molecule is C=CCNc1nnc(SC[C@@H](O)CO[C@@H](c2ccccc2)c2ccccc2C)s1. The minimum absolute atomic E-state index is 0.215. The van der Waals surface area contributed by atoms with Gasteiger partial charge < -0.3 is 15.2 Å². The summed E-state index contributed by atoms with van der Waals surface area (Å²) >= 11 is 2.94. The summed E-state index contributed by atoms with van der Waals surface area (Å²) in [5, 5.41) is 22.5. The largest absolute Gasteiger partial charge is 0.390 e. The van der Waals surface area contributed by atoms with E-state index in [0.717, 1.165) is 20.6 Å². The number of benzene rings is 2. The van der Waals surface area contributed by atoms with Gasteiger partial charge in [0.15, 0.2) is 4.34 Å². The van der Waals surface area contributed by atoms with Crippen molar-refractivity contribution in [1.82, 2.24) is 10.2 Å². The van der Waals surface area contributed by atoms with E-state index < -0.39 is 6.10 Å². The van der Waals surface area contributed by atoms with Gasteiger partial charge in [-0.15, -0.1) is 16.8 Å². The molecule has 7 heteroatoms. The average molecular weight is 428 g/mol. The number of nitrogens with one attached hydrogen (secondary N) is 1. The number of aliphatic hydroxyl groups excluding tert-OH is 1. The lowest BCUT2D eigenvalue weighted by Crippen LogP contribution is -2.21. The summed E-state index contributed by atoms with van der Waals surface area (Å²) < 4.78 is 7.00. The molecule has 0 saturated carbocycles. The quantitative estimate of drug-likeness (QED) is 0.341. The highest BCUT2D eigenvalue weighted by atomic mass is 32.2. The Kier molecular flexibility index (Phi) is 8.25. The van der Waals surface area contributed by atoms with Gasteiger partial charge in [-0.25, -0.2) is 0 Å². The van der Waals surface area contributed by atoms with Crippen LogP contribution in [0.15, 0.2) is 71.6 Å². The van der Waals surface area contributed by atoms with Gasteiger partial charge in [0.2, 0.25) is 5.13 Å². The minimum atomic E-state index is -0.608. The highest BCUT2D eigenvalue weighted by Crippen LogP contribution is 2.29. The second-order valence-corrected chi connectivity index (χ2v) is 8.73. The van der Waals surface area contributed by atoms with Gasteiger partial charge in [0.25, 0.3) is 0 Å². The molecule has 3 rings (SSSR count). The van der Waals surface area contributed by atoms with Crippen molar-refractivity contribution < 1.29 is 9.84 Å². The van der Waals surface area contributed by atoms with Crippen LogP contribution in [0.1, 0.15) is 22.8 Å². The number of hydrogen-bond donors (Lipinski definition) is 2. The molecule has 1 heterocycles. The van der Waals surface area contributed by atoms with E-state index in [9.17, 15) is 5.11 Å². The standard InChI is InChI=1S/C22H25N3O2S2/c1-3-13-23-21-24-25-22(29-21)28-15-18(26)14-27-20(17-10-5-4-6-11-17)19-12-8-7-9-16(19)2/h3-12,18,20,26H,1,13-15H2,2H3,(H,23,24)/t18-,20-/m0/s1. The molecule has 0 saturated heterocycles. The molecule has 0 aliphatic rings. The van der Waals surface area contributed by atoms with Gasteiger partial charge in [-0.3, -0.25) is 0 Å². The van der Waals surface area contributed by atoms with E-state index in [4.69, 9.17) is 4.74 Å². The number of anilines is 1. The summed E-state index contributed by atoms with van der Waals surface area (Å²) in [6.45, 7) is 6.63. The summed E-state index contributed by atoms with van der Waals surface area (Å²) in [4.78, 5) is 0. The van der Waals surface area contributed by atoms with Crippen molar-refractivity contribution in [1.29, 1.82) is 0 Å². The van der Waals surface area contributed by atoms with Crippen molar-refractivity contribution in [2.75, 3.05) is 24.2 Å². The Hall–Kier alpha value is -2.19. The number of ether oxygens (including phenoxy) is 1. The third kappa shape index (κ3) is 6.40. The topological polar surface area (TPSA) is 67.3 Å². The number of aromatic nitrogens is 2. The molecule has 2 N–H and O–H groups in total. The van der Waals surface area contributed by atoms with Gasteiger partial charge in [0.1, 0.15) is 6.10 Å². The summed E-state index contributed by atoms with van der Waals surface area (Å²) in [6, 6.07) is 18.3. The first-order chi connectivity index (χ1) is 14.2. The van der Waals surface area contributed by atoms with Gasteiger partial charge in [-0.05, 0) is 23.6 Å². The zero-order valence-corrected chi connectivity index (χ0v) is 18.0. The first-order valence-electron chi connectivity index (χ1n) is 9.38. The van der Waals surface area contributed by atoms with Crippen LogP contribution in [0.3, 0.4) is 0 Å². The molecule has 152 valence electrons. The van der Waals surface area contributed by atoms with Crippen LogP contribution in [0.2, 0.25) is 0 Å². The van der Waals surface area contributed by atoms with Crippen molar-refractivity contribution in [3.05, 3.63) is 83.9 Å². The normalized spacial score (nSPS) is 13.0. The number of aliphatic hydroxyl groups is 1. The molecule has 0 fully saturated rings. The van der Waals surface area contributed by atoms with E-state index in [1.807, 2.05) is 30.3 Å². The number of rotatable bonds is 11. The van der Waals surface area contributed by atoms with E-state index in [1.165, 1.54) is 28.7 Å². The Morgan fingerprint density at radius 1 is 1.17 bits per heavy atom. The summed E-state index contributed by atoms with van der Waals surface area (Å²) in [5.74, 6) is 0.491. The van der Waals surface area contributed by atoms with Gasteiger partial charge >= 0.3 is 0 Å². The highest BCUT2D eigenvalue weighted by molar-refractivity contribution is 8.01. The van der Waals surface area contributed by atoms with Crippen LogP contribution >= 0.6 is 23.1 Å². The van der Waals surface area contributed by atoms with Crippen LogP contribution in [-0.2, 0) is 4.74 Å². The van der Waals surface area contributed by atoms with Crippen LogP contribution in [0.4, 0.5) is 5.13 Å². The first kappa shape index (κ1) is 21.5. The third-order valence-electron chi connectivity index (χ3n) is 4.23. The molecule has 5 nitrogen and oxygen atoms in total. The zero-order valence-electron chi connectivity index (χ0n) is 16.3. The molecule has 0 aliphatic carbocycles. The van der Waals surface area contributed by atoms with E-state index in [2.05, 4.69) is 53.3 Å². The molecule has 2 aromatic carbocycles. The van der Waals surface area contributed by atoms with Crippen LogP contribution < -0.4 is 5.32 Å². The molecule has 0 amide bonds. The third-order valence-corrected chi connectivity index (χ3v) is 6.39. The summed E-state index contributed by atoms with van der Waals surface area (Å²) in [5.41, 5.74) is 3.35. The fourth-order valence-corrected chi connectivity index (χ4v) is 4.49. The van der Waals surface area contributed by atoms with Crippen molar-refractivity contribution in [2.24, 2.45) is 0 Å². The minimum Gasteiger partial charge on any atom is -0.390 e. The highest BCUT2D eigenvalue weighted by Gasteiger charge is 2.19. The second kappa shape index (κ2) is 11.1. The molecule has 1 aromatic heterocycles. The predicted octanol–water partition coefficient (Wildman–Crippen LogP) is 4.70. The maximum absolute atomic E-state index is 10.5. The van der Waals surface area contributed by atoms with Crippen LogP contribution in [0.25, 0.3) is 0 Å². The van der Waals surface area contributed by atoms with Crippen LogP contribution in [0.5, 0.6) is 0 Å². The molecule has 0 aliphatic heterocycles. The number of aryl methyl sites for hydroxylation is 1. The Labute approximate surface area is 179 Å². The fraction of sp³-hybridized carbons (Fsp3) is 0.273. The lowest BCUT2D eigenvalue weighted by molar-refractivity contribution is 0.0153. The van der Waals surface area contributed by atoms with E-state index >= 15 is 0 Å². The van der Waals surface area contributed by atoms with Crippen LogP contribution in [-0.4, -0.2) is 40.3 Å². The molecular weight excluding hydrogens is 402 g/mol. The van der Waals surface area contributed by atoms with E-state index in [-0.39, 0.29) is 12.7 Å². The Balaban J connectivity index is 1.58. The van der Waals surface area contributed by atoms with Crippen LogP contribution in [0, 0.1) is 6.92 Å². The molecular formula is C22H25N3O2S2. The Morgan fingerprint density at radius 3 is 2.69 bits per heavy atom. The van der Waals surface area contributed by atoms with Crippen molar-refractivity contribution >= 4 is 28.2 Å². The average Bonchev–Trinajstić information content (AvgIpc) is 3.21. The maximum atomic E-state index is 10.5. The number of hydrogen-bond acceptors (Lipinski definition) is 7. The monoisotopic (exact) mass is 427 g/mol. The Bertz CT molecular complexity index is 902. The summed E-state index contributed by atoms with van der Waals surface area (Å²) in [6.07, 6.45) is 0.949. The smallest absolute Gasteiger partial charge is 0.206 e. The zero-order chi connectivity index (χ0) is 20.5. The number of thioether (sulfide) groups is 1. The van der Waals surface area contributed by atoms with Crippen molar-refractivity contribution in [2.45, 2.75) is 23.5 Å². The van der Waals surface area contributed by atoms with Gasteiger partial charge in [0, 0.05) is 12.3 Å². The predicted molar refractivity (Wildman–Crippen MR) is 121 cm³/mol. The Morgan fingerprint density at radius 2 is 1.93 bits per heavy atom. The maximum Gasteiger partial charge on any atom is 0.206 e. The first-order valence-corrected chi connectivity index (χ1v) is 11.2. The molecule has 0 unspecified atom stereocenters. The van der Waals surface area contributed by atoms with Crippen molar-refractivity contribution in [3.63, 3.8) is 0 Å².